The molecule has 9 nitrogen and oxygen atoms in total. The predicted octanol–water partition coefficient (Wildman–Crippen LogP) is -0.619. The molecule has 0 bridgehead atoms. The van der Waals surface area contributed by atoms with E-state index in [0.717, 1.165) is 10.7 Å². The topological polar surface area (TPSA) is 127 Å². The smallest absolute Gasteiger partial charge is 0.389 e. The summed E-state index contributed by atoms with van der Waals surface area (Å²) in [5, 5.41) is 24.9. The molecule has 0 fully saturated rings. The van der Waals surface area contributed by atoms with Crippen LogP contribution in [0.1, 0.15) is 6.92 Å². The summed E-state index contributed by atoms with van der Waals surface area (Å²) in [5.74, 6) is -2.12. The number of carbonyl (C=O) groups is 2. The van der Waals surface area contributed by atoms with Gasteiger partial charge in [-0.25, -0.2) is 4.79 Å². The largest absolute Gasteiger partial charge is 0.480 e. The molecule has 0 aliphatic rings. The molecule has 0 aromatic carbocycles. The number of nitro groups is 1. The lowest BCUT2D eigenvalue weighted by atomic mass is 10.3. The highest BCUT2D eigenvalue weighted by molar-refractivity contribution is 5.81. The number of hydrogen-bond donors (Lipinski definition) is 2. The summed E-state index contributed by atoms with van der Waals surface area (Å²) < 4.78 is 1.09. The van der Waals surface area contributed by atoms with Crippen LogP contribution in [-0.2, 0) is 16.1 Å². The maximum atomic E-state index is 10.8. The van der Waals surface area contributed by atoms with Crippen molar-refractivity contribution in [3.05, 3.63) is 22.4 Å². The van der Waals surface area contributed by atoms with Gasteiger partial charge in [0, 0.05) is 6.92 Å². The lowest BCUT2D eigenvalue weighted by Crippen LogP contribution is -2.42. The van der Waals surface area contributed by atoms with E-state index in [1.807, 2.05) is 0 Å². The van der Waals surface area contributed by atoms with Gasteiger partial charge in [-0.15, -0.1) is 0 Å². The van der Waals surface area contributed by atoms with Gasteiger partial charge in [0.2, 0.25) is 5.91 Å². The third-order valence-corrected chi connectivity index (χ3v) is 1.86. The van der Waals surface area contributed by atoms with Crippen molar-refractivity contribution in [2.24, 2.45) is 0 Å². The van der Waals surface area contributed by atoms with Gasteiger partial charge in [0.05, 0.1) is 23.9 Å². The van der Waals surface area contributed by atoms with Crippen LogP contribution in [0.15, 0.2) is 12.3 Å². The van der Waals surface area contributed by atoms with Crippen LogP contribution in [-0.4, -0.2) is 37.7 Å². The SMILES string of the molecule is CC(=O)NC(Cn1ccc([N+](=O)[O-])n1)C(=O)O. The Hall–Kier alpha value is -2.45. The van der Waals surface area contributed by atoms with Gasteiger partial charge in [-0.1, -0.05) is 0 Å². The minimum atomic E-state index is -1.24. The summed E-state index contributed by atoms with van der Waals surface area (Å²) >= 11 is 0. The first-order valence-electron chi connectivity index (χ1n) is 4.58. The van der Waals surface area contributed by atoms with Gasteiger partial charge in [0.25, 0.3) is 0 Å². The lowest BCUT2D eigenvalue weighted by molar-refractivity contribution is -0.389. The van der Waals surface area contributed by atoms with Gasteiger partial charge in [-0.05, 0) is 4.92 Å². The average Bonchev–Trinajstić information content (AvgIpc) is 2.64. The first kappa shape index (κ1) is 12.6. The molecule has 1 aromatic rings. The number of aliphatic carboxylic acids is 1. The highest BCUT2D eigenvalue weighted by Gasteiger charge is 2.22. The minimum absolute atomic E-state index is 0.178. The summed E-state index contributed by atoms with van der Waals surface area (Å²) in [4.78, 5) is 31.2. The Morgan fingerprint density at radius 3 is 2.76 bits per heavy atom. The molecular formula is C8H10N4O5. The van der Waals surface area contributed by atoms with Crippen LogP contribution < -0.4 is 5.32 Å². The van der Waals surface area contributed by atoms with E-state index in [9.17, 15) is 19.7 Å². The van der Waals surface area contributed by atoms with E-state index in [-0.39, 0.29) is 12.4 Å². The number of nitrogens with one attached hydrogen (secondary N) is 1. The number of hydrogen-bond acceptors (Lipinski definition) is 5. The Balaban J connectivity index is 2.75. The zero-order chi connectivity index (χ0) is 13.0. The fourth-order valence-electron chi connectivity index (χ4n) is 1.17. The van der Waals surface area contributed by atoms with E-state index in [1.165, 1.54) is 13.1 Å². The van der Waals surface area contributed by atoms with E-state index in [0.29, 0.717) is 0 Å². The van der Waals surface area contributed by atoms with Crippen LogP contribution in [0, 0.1) is 10.1 Å². The summed E-state index contributed by atoms with van der Waals surface area (Å²) in [6.07, 6.45) is 1.27. The average molecular weight is 242 g/mol. The quantitative estimate of drug-likeness (QED) is 0.523. The first-order valence-corrected chi connectivity index (χ1v) is 4.58. The van der Waals surface area contributed by atoms with Gasteiger partial charge >= 0.3 is 11.8 Å². The third kappa shape index (κ3) is 3.55. The Morgan fingerprint density at radius 2 is 2.35 bits per heavy atom. The maximum absolute atomic E-state index is 10.8. The molecule has 1 amide bonds. The molecule has 9 heteroatoms. The molecule has 17 heavy (non-hydrogen) atoms. The number of carboxylic acid groups (broad SMARTS) is 1. The first-order chi connectivity index (χ1) is 7.90. The molecule has 0 spiro atoms. The van der Waals surface area contributed by atoms with Gasteiger partial charge < -0.3 is 20.5 Å². The molecular weight excluding hydrogens is 232 g/mol. The maximum Gasteiger partial charge on any atom is 0.389 e. The zero-order valence-electron chi connectivity index (χ0n) is 8.86. The normalized spacial score (nSPS) is 11.8. The molecule has 2 N–H and O–H groups in total. The van der Waals surface area contributed by atoms with Crippen molar-refractivity contribution >= 4 is 17.7 Å². The van der Waals surface area contributed by atoms with Gasteiger partial charge in [-0.2, -0.15) is 4.68 Å². The molecule has 1 aromatic heterocycles. The number of carbonyl (C=O) groups excluding carboxylic acids is 1. The second-order valence-corrected chi connectivity index (χ2v) is 3.24. The van der Waals surface area contributed by atoms with Crippen molar-refractivity contribution in [3.8, 4) is 0 Å². The molecule has 0 saturated heterocycles. The van der Waals surface area contributed by atoms with Crippen molar-refractivity contribution < 1.29 is 19.6 Å². The van der Waals surface area contributed by atoms with Gasteiger partial charge in [0.15, 0.2) is 0 Å². The third-order valence-electron chi connectivity index (χ3n) is 1.86. The monoisotopic (exact) mass is 242 g/mol. The highest BCUT2D eigenvalue weighted by atomic mass is 16.6. The van der Waals surface area contributed by atoms with Crippen molar-refractivity contribution in [2.45, 2.75) is 19.5 Å². The number of carboxylic acids is 1. The number of amides is 1. The van der Waals surface area contributed by atoms with E-state index < -0.39 is 22.8 Å². The van der Waals surface area contributed by atoms with Crippen LogP contribution in [0.2, 0.25) is 0 Å². The second kappa shape index (κ2) is 5.05. The molecule has 0 radical (unpaired) electrons. The molecule has 1 atom stereocenters. The van der Waals surface area contributed by atoms with Crippen LogP contribution in [0.3, 0.4) is 0 Å². The van der Waals surface area contributed by atoms with Crippen molar-refractivity contribution in [1.82, 2.24) is 15.1 Å². The summed E-state index contributed by atoms with van der Waals surface area (Å²) in [7, 11) is 0. The molecule has 1 heterocycles. The van der Waals surface area contributed by atoms with E-state index >= 15 is 0 Å². The van der Waals surface area contributed by atoms with Crippen LogP contribution in [0.4, 0.5) is 5.82 Å². The van der Waals surface area contributed by atoms with E-state index in [4.69, 9.17) is 5.11 Å². The number of rotatable bonds is 5. The predicted molar refractivity (Wildman–Crippen MR) is 54.1 cm³/mol. The lowest BCUT2D eigenvalue weighted by Gasteiger charge is -2.10. The van der Waals surface area contributed by atoms with Crippen molar-refractivity contribution in [3.63, 3.8) is 0 Å². The Bertz CT molecular complexity index is 455. The Morgan fingerprint density at radius 1 is 1.71 bits per heavy atom. The second-order valence-electron chi connectivity index (χ2n) is 3.24. The van der Waals surface area contributed by atoms with Gasteiger partial charge in [0.1, 0.15) is 6.04 Å². The highest BCUT2D eigenvalue weighted by Crippen LogP contribution is 2.05. The number of aromatic nitrogens is 2. The molecule has 0 saturated carbocycles. The molecule has 1 unspecified atom stereocenters. The fraction of sp³-hybridized carbons (Fsp3) is 0.375. The summed E-state index contributed by atoms with van der Waals surface area (Å²) in [5.41, 5.74) is 0. The standard InChI is InChI=1S/C8H10N4O5/c1-5(13)9-6(8(14)15)4-11-3-2-7(10-11)12(16)17/h2-3,6H,4H2,1H3,(H,9,13)(H,14,15). The minimum Gasteiger partial charge on any atom is -0.480 e. The van der Waals surface area contributed by atoms with Crippen molar-refractivity contribution in [2.75, 3.05) is 0 Å². The summed E-state index contributed by atoms with van der Waals surface area (Å²) in [6.45, 7) is 1.00. The van der Waals surface area contributed by atoms with Crippen LogP contribution >= 0.6 is 0 Å². The van der Waals surface area contributed by atoms with E-state index in [1.54, 1.807) is 0 Å². The fourth-order valence-corrected chi connectivity index (χ4v) is 1.17. The van der Waals surface area contributed by atoms with Crippen molar-refractivity contribution in [1.29, 1.82) is 0 Å². The molecule has 92 valence electrons. The van der Waals surface area contributed by atoms with Gasteiger partial charge in [-0.3, -0.25) is 4.79 Å². The Kier molecular flexibility index (Phi) is 3.75. The Labute approximate surface area is 95.2 Å². The van der Waals surface area contributed by atoms with E-state index in [2.05, 4.69) is 10.4 Å². The van der Waals surface area contributed by atoms with Crippen LogP contribution in [0.25, 0.3) is 0 Å². The zero-order valence-corrected chi connectivity index (χ0v) is 8.86. The molecule has 1 rings (SSSR count). The molecule has 0 aliphatic carbocycles. The number of nitrogens with zero attached hydrogens (tertiary/aromatic N) is 3. The summed E-state index contributed by atoms with van der Waals surface area (Å²) in [6, 6.07) is -0.0286. The van der Waals surface area contributed by atoms with Crippen LogP contribution in [0.5, 0.6) is 0 Å². The molecule has 0 aliphatic heterocycles.